The Morgan fingerprint density at radius 1 is 1.64 bits per heavy atom. The van der Waals surface area contributed by atoms with E-state index in [9.17, 15) is 13.2 Å². The van der Waals surface area contributed by atoms with Crippen molar-refractivity contribution >= 4 is 15.7 Å². The predicted octanol–water partition coefficient (Wildman–Crippen LogP) is -0.686. The maximum absolute atomic E-state index is 11.0. The Bertz CT molecular complexity index is 435. The molecule has 0 fully saturated rings. The minimum atomic E-state index is -3.10. The van der Waals surface area contributed by atoms with Gasteiger partial charge in [0.25, 0.3) is 5.91 Å². The predicted molar refractivity (Wildman–Crippen MR) is 50.5 cm³/mol. The maximum Gasteiger partial charge on any atom is 0.271 e. The molecule has 0 spiro atoms. The maximum atomic E-state index is 11.0. The number of hydrogen-bond donors (Lipinski definition) is 2. The van der Waals surface area contributed by atoms with Crippen molar-refractivity contribution in [1.29, 1.82) is 0 Å². The summed E-state index contributed by atoms with van der Waals surface area (Å²) in [6.07, 6.45) is 1.12. The first-order chi connectivity index (χ1) is 6.42. The van der Waals surface area contributed by atoms with Gasteiger partial charge in [0.2, 0.25) is 0 Å². The van der Waals surface area contributed by atoms with Crippen LogP contribution in [-0.2, 0) is 15.6 Å². The summed E-state index contributed by atoms with van der Waals surface area (Å²) in [5.74, 6) is -0.488. The van der Waals surface area contributed by atoms with Gasteiger partial charge >= 0.3 is 0 Å². The molecule has 0 aliphatic rings. The fraction of sp³-hybridized carbons (Fsp3) is 0.429. The topological polar surface area (TPSA) is 91.9 Å². The first-order valence-electron chi connectivity index (χ1n) is 3.86. The van der Waals surface area contributed by atoms with Crippen LogP contribution in [0.25, 0.3) is 0 Å². The Balaban J connectivity index is 2.84. The smallest absolute Gasteiger partial charge is 0.271 e. The lowest BCUT2D eigenvalue weighted by Crippen LogP contribution is -2.18. The number of H-pyrrole nitrogens is 1. The number of aromatic amines is 1. The Kier molecular flexibility index (Phi) is 2.90. The number of nitrogens with one attached hydrogen (secondary N) is 2. The Morgan fingerprint density at radius 2 is 2.29 bits per heavy atom. The van der Waals surface area contributed by atoms with E-state index < -0.39 is 9.84 Å². The van der Waals surface area contributed by atoms with Gasteiger partial charge in [-0.25, -0.2) is 8.42 Å². The summed E-state index contributed by atoms with van der Waals surface area (Å²) in [6, 6.07) is 1.42. The fourth-order valence-corrected chi connectivity index (χ4v) is 1.68. The van der Waals surface area contributed by atoms with Gasteiger partial charge in [-0.1, -0.05) is 0 Å². The third kappa shape index (κ3) is 2.84. The normalized spacial score (nSPS) is 11.3. The van der Waals surface area contributed by atoms with Gasteiger partial charge in [0.05, 0.1) is 11.4 Å². The zero-order valence-corrected chi connectivity index (χ0v) is 8.68. The molecule has 1 heterocycles. The third-order valence-electron chi connectivity index (χ3n) is 1.51. The highest BCUT2D eigenvalue weighted by atomic mass is 32.2. The molecule has 0 saturated carbocycles. The van der Waals surface area contributed by atoms with Crippen LogP contribution in [0.4, 0.5) is 0 Å². The van der Waals surface area contributed by atoms with Crippen LogP contribution in [0.5, 0.6) is 0 Å². The molecule has 1 aromatic rings. The number of carbonyl (C=O) groups is 1. The Morgan fingerprint density at radius 3 is 2.79 bits per heavy atom. The lowest BCUT2D eigenvalue weighted by atomic mass is 10.3. The summed E-state index contributed by atoms with van der Waals surface area (Å²) in [5, 5.41) is 8.54. The molecular weight excluding hydrogens is 206 g/mol. The van der Waals surface area contributed by atoms with Gasteiger partial charge < -0.3 is 5.32 Å². The first-order valence-corrected chi connectivity index (χ1v) is 5.92. The zero-order chi connectivity index (χ0) is 10.8. The van der Waals surface area contributed by atoms with Gasteiger partial charge in [-0.3, -0.25) is 9.89 Å². The van der Waals surface area contributed by atoms with Crippen LogP contribution in [0.1, 0.15) is 16.2 Å². The summed E-state index contributed by atoms with van der Waals surface area (Å²) >= 11 is 0. The van der Waals surface area contributed by atoms with E-state index >= 15 is 0 Å². The van der Waals surface area contributed by atoms with Crippen molar-refractivity contribution in [3.05, 3.63) is 17.5 Å². The average molecular weight is 217 g/mol. The second-order valence-corrected chi connectivity index (χ2v) is 5.07. The van der Waals surface area contributed by atoms with Crippen molar-refractivity contribution in [2.45, 2.75) is 5.75 Å². The summed E-state index contributed by atoms with van der Waals surface area (Å²) in [5.41, 5.74) is 0.595. The number of carbonyl (C=O) groups excluding carboxylic acids is 1. The number of hydrogen-bond acceptors (Lipinski definition) is 4. The quantitative estimate of drug-likeness (QED) is 0.701. The second-order valence-electron chi connectivity index (χ2n) is 2.93. The average Bonchev–Trinajstić information content (AvgIpc) is 2.48. The number of rotatable bonds is 3. The van der Waals surface area contributed by atoms with Crippen molar-refractivity contribution in [1.82, 2.24) is 15.5 Å². The minimum absolute atomic E-state index is 0.142. The molecule has 0 aliphatic carbocycles. The molecule has 1 rings (SSSR count). The van der Waals surface area contributed by atoms with Crippen molar-refractivity contribution in [3.8, 4) is 0 Å². The van der Waals surface area contributed by atoms with Crippen LogP contribution < -0.4 is 5.32 Å². The van der Waals surface area contributed by atoms with Crippen LogP contribution in [0, 0.1) is 0 Å². The van der Waals surface area contributed by atoms with E-state index in [1.807, 2.05) is 0 Å². The van der Waals surface area contributed by atoms with E-state index in [1.54, 1.807) is 0 Å². The standard InChI is InChI=1S/C7H11N3O3S/c1-8-7(11)6-3-5(9-10-6)4-14(2,12)13/h3H,4H2,1-2H3,(H,8,11)(H,9,10). The number of sulfone groups is 1. The van der Waals surface area contributed by atoms with Crippen LogP contribution in [0.3, 0.4) is 0 Å². The van der Waals surface area contributed by atoms with Gasteiger partial charge in [0, 0.05) is 13.3 Å². The molecule has 6 nitrogen and oxygen atoms in total. The van der Waals surface area contributed by atoms with Crippen LogP contribution in [0.15, 0.2) is 6.07 Å². The van der Waals surface area contributed by atoms with Crippen LogP contribution in [-0.4, -0.2) is 37.8 Å². The van der Waals surface area contributed by atoms with E-state index in [0.717, 1.165) is 6.26 Å². The third-order valence-corrected chi connectivity index (χ3v) is 2.34. The lowest BCUT2D eigenvalue weighted by Gasteiger charge is -1.92. The molecule has 7 heteroatoms. The Hall–Kier alpha value is -1.37. The Labute approximate surface area is 81.6 Å². The van der Waals surface area contributed by atoms with E-state index in [-0.39, 0.29) is 17.4 Å². The summed E-state index contributed by atoms with van der Waals surface area (Å²) < 4.78 is 21.8. The van der Waals surface area contributed by atoms with Crippen molar-refractivity contribution in [3.63, 3.8) is 0 Å². The molecule has 78 valence electrons. The molecular formula is C7H11N3O3S. The summed E-state index contributed by atoms with van der Waals surface area (Å²) in [4.78, 5) is 11.0. The van der Waals surface area contributed by atoms with Crippen molar-refractivity contribution in [2.75, 3.05) is 13.3 Å². The molecule has 0 atom stereocenters. The molecule has 0 aliphatic heterocycles. The highest BCUT2D eigenvalue weighted by Gasteiger charge is 2.11. The SMILES string of the molecule is CNC(=O)c1cc(CS(C)(=O)=O)[nH]n1. The van der Waals surface area contributed by atoms with Gasteiger partial charge in [0.15, 0.2) is 9.84 Å². The molecule has 0 unspecified atom stereocenters. The van der Waals surface area contributed by atoms with E-state index in [4.69, 9.17) is 0 Å². The second kappa shape index (κ2) is 3.79. The zero-order valence-electron chi connectivity index (χ0n) is 7.86. The monoisotopic (exact) mass is 217 g/mol. The number of nitrogens with zero attached hydrogens (tertiary/aromatic N) is 1. The molecule has 0 saturated heterocycles. The van der Waals surface area contributed by atoms with Gasteiger partial charge in [-0.15, -0.1) is 0 Å². The van der Waals surface area contributed by atoms with Crippen molar-refractivity contribution in [2.24, 2.45) is 0 Å². The van der Waals surface area contributed by atoms with E-state index in [0.29, 0.717) is 5.69 Å². The molecule has 0 radical (unpaired) electrons. The number of amides is 1. The minimum Gasteiger partial charge on any atom is -0.354 e. The molecule has 0 bridgehead atoms. The largest absolute Gasteiger partial charge is 0.354 e. The van der Waals surface area contributed by atoms with Crippen LogP contribution >= 0.6 is 0 Å². The molecule has 14 heavy (non-hydrogen) atoms. The van der Waals surface area contributed by atoms with Gasteiger partial charge in [-0.05, 0) is 6.07 Å². The molecule has 0 aromatic carbocycles. The molecule has 2 N–H and O–H groups in total. The lowest BCUT2D eigenvalue weighted by molar-refractivity contribution is 0.0958. The highest BCUT2D eigenvalue weighted by molar-refractivity contribution is 7.89. The molecule has 1 aromatic heterocycles. The van der Waals surface area contributed by atoms with E-state index in [1.165, 1.54) is 13.1 Å². The summed E-state index contributed by atoms with van der Waals surface area (Å²) in [7, 11) is -1.62. The summed E-state index contributed by atoms with van der Waals surface area (Å²) in [6.45, 7) is 0. The van der Waals surface area contributed by atoms with Crippen molar-refractivity contribution < 1.29 is 13.2 Å². The van der Waals surface area contributed by atoms with Gasteiger partial charge in [0.1, 0.15) is 5.69 Å². The highest BCUT2D eigenvalue weighted by Crippen LogP contribution is 2.03. The number of aromatic nitrogens is 2. The van der Waals surface area contributed by atoms with E-state index in [2.05, 4.69) is 15.5 Å². The van der Waals surface area contributed by atoms with Gasteiger partial charge in [-0.2, -0.15) is 5.10 Å². The first kappa shape index (κ1) is 10.7. The fourth-order valence-electron chi connectivity index (χ4n) is 0.962. The van der Waals surface area contributed by atoms with Crippen LogP contribution in [0.2, 0.25) is 0 Å². The molecule has 1 amide bonds.